The molecule has 0 fully saturated rings. The smallest absolute Gasteiger partial charge is 0.275 e. The van der Waals surface area contributed by atoms with Gasteiger partial charge in [-0.1, -0.05) is 29.8 Å². The van der Waals surface area contributed by atoms with E-state index in [4.69, 9.17) is 16.3 Å². The molecule has 3 rings (SSSR count). The van der Waals surface area contributed by atoms with Gasteiger partial charge in [-0.3, -0.25) is 9.69 Å². The Kier molecular flexibility index (Phi) is 5.13. The highest BCUT2D eigenvalue weighted by molar-refractivity contribution is 6.30. The minimum Gasteiger partial charge on any atom is -0.492 e. The molecular weight excluding hydrogens is 326 g/mol. The lowest BCUT2D eigenvalue weighted by molar-refractivity contribution is 0.196. The fraction of sp³-hybridized carbons (Fsp3) is 0.222. The van der Waals surface area contributed by atoms with Crippen molar-refractivity contribution in [2.24, 2.45) is 0 Å². The summed E-state index contributed by atoms with van der Waals surface area (Å²) < 4.78 is 7.12. The molecular formula is C18H18ClN3O2. The summed E-state index contributed by atoms with van der Waals surface area (Å²) >= 11 is 5.84. The summed E-state index contributed by atoms with van der Waals surface area (Å²) in [5.74, 6) is 0.772. The maximum Gasteiger partial charge on any atom is 0.275 e. The van der Waals surface area contributed by atoms with Crippen LogP contribution in [0.4, 0.5) is 0 Å². The van der Waals surface area contributed by atoms with Crippen molar-refractivity contribution in [3.05, 3.63) is 70.1 Å². The lowest BCUT2D eigenvalue weighted by Crippen LogP contribution is -2.33. The molecule has 0 aliphatic heterocycles. The number of hydrogen-bond donors (Lipinski definition) is 0. The number of nitrogens with zero attached hydrogens (tertiary/aromatic N) is 3. The molecule has 124 valence electrons. The standard InChI is InChI=1S/C18H18ClN3O2/c1-21(10-11-24-16-8-6-15(19)7-9-16)13-22-18(23)17-5-3-2-4-14(17)12-20-22/h2-9,12H,10-11,13H2,1H3. The van der Waals surface area contributed by atoms with Crippen LogP contribution in [0.2, 0.25) is 5.02 Å². The molecule has 3 aromatic rings. The summed E-state index contributed by atoms with van der Waals surface area (Å²) in [6.07, 6.45) is 1.72. The number of fused-ring (bicyclic) bond motifs is 1. The van der Waals surface area contributed by atoms with Crippen LogP contribution in [0.3, 0.4) is 0 Å². The second kappa shape index (κ2) is 7.47. The van der Waals surface area contributed by atoms with Gasteiger partial charge in [0, 0.05) is 17.0 Å². The molecule has 0 N–H and O–H groups in total. The van der Waals surface area contributed by atoms with Gasteiger partial charge in [0.15, 0.2) is 0 Å². The Morgan fingerprint density at radius 1 is 1.17 bits per heavy atom. The van der Waals surface area contributed by atoms with E-state index in [9.17, 15) is 4.79 Å². The molecule has 0 bridgehead atoms. The van der Waals surface area contributed by atoms with Gasteiger partial charge in [0.1, 0.15) is 12.4 Å². The molecule has 1 aromatic heterocycles. The summed E-state index contributed by atoms with van der Waals surface area (Å²) in [6, 6.07) is 14.7. The van der Waals surface area contributed by atoms with Crippen LogP contribution in [0.5, 0.6) is 5.75 Å². The number of likely N-dealkylation sites (N-methyl/N-ethyl adjacent to an activating group) is 1. The summed E-state index contributed by atoms with van der Waals surface area (Å²) in [4.78, 5) is 14.4. The van der Waals surface area contributed by atoms with E-state index in [1.165, 1.54) is 4.68 Å². The Balaban J connectivity index is 1.58. The van der Waals surface area contributed by atoms with Crippen molar-refractivity contribution in [3.8, 4) is 5.75 Å². The zero-order valence-electron chi connectivity index (χ0n) is 13.4. The molecule has 1 heterocycles. The predicted octanol–water partition coefficient (Wildman–Crippen LogP) is 3.02. The van der Waals surface area contributed by atoms with Gasteiger partial charge in [0.2, 0.25) is 0 Å². The number of halogens is 1. The molecule has 5 nitrogen and oxygen atoms in total. The Morgan fingerprint density at radius 3 is 2.71 bits per heavy atom. The Labute approximate surface area is 145 Å². The molecule has 6 heteroatoms. The van der Waals surface area contributed by atoms with Gasteiger partial charge in [-0.2, -0.15) is 5.10 Å². The highest BCUT2D eigenvalue weighted by atomic mass is 35.5. The lowest BCUT2D eigenvalue weighted by Gasteiger charge is -2.17. The minimum atomic E-state index is -0.0847. The van der Waals surface area contributed by atoms with Gasteiger partial charge in [-0.25, -0.2) is 4.68 Å². The highest BCUT2D eigenvalue weighted by Gasteiger charge is 2.06. The van der Waals surface area contributed by atoms with Gasteiger partial charge >= 0.3 is 0 Å². The second-order valence-corrected chi connectivity index (χ2v) is 6.00. The van der Waals surface area contributed by atoms with Crippen molar-refractivity contribution in [1.82, 2.24) is 14.7 Å². The van der Waals surface area contributed by atoms with Crippen LogP contribution in [-0.4, -0.2) is 34.9 Å². The Bertz CT molecular complexity index is 877. The van der Waals surface area contributed by atoms with E-state index in [0.29, 0.717) is 30.2 Å². The fourth-order valence-corrected chi connectivity index (χ4v) is 2.50. The summed E-state index contributed by atoms with van der Waals surface area (Å²) in [5, 5.41) is 6.44. The lowest BCUT2D eigenvalue weighted by atomic mass is 10.2. The van der Waals surface area contributed by atoms with Crippen LogP contribution in [0.1, 0.15) is 0 Å². The molecule has 0 amide bonds. The van der Waals surface area contributed by atoms with Crippen molar-refractivity contribution in [1.29, 1.82) is 0 Å². The highest BCUT2D eigenvalue weighted by Crippen LogP contribution is 2.15. The van der Waals surface area contributed by atoms with E-state index >= 15 is 0 Å². The maximum atomic E-state index is 12.4. The Morgan fingerprint density at radius 2 is 1.92 bits per heavy atom. The SMILES string of the molecule is CN(CCOc1ccc(Cl)cc1)Cn1ncc2ccccc2c1=O. The van der Waals surface area contributed by atoms with Crippen molar-refractivity contribution < 1.29 is 4.74 Å². The van der Waals surface area contributed by atoms with Gasteiger partial charge in [-0.15, -0.1) is 0 Å². The topological polar surface area (TPSA) is 47.4 Å². The molecule has 0 spiro atoms. The van der Waals surface area contributed by atoms with Gasteiger partial charge < -0.3 is 4.74 Å². The number of aromatic nitrogens is 2. The third-order valence-corrected chi connectivity index (χ3v) is 3.94. The first-order valence-corrected chi connectivity index (χ1v) is 8.03. The first-order chi connectivity index (χ1) is 11.6. The summed E-state index contributed by atoms with van der Waals surface area (Å²) in [5.41, 5.74) is -0.0847. The first kappa shape index (κ1) is 16.5. The van der Waals surface area contributed by atoms with E-state index in [1.54, 1.807) is 18.3 Å². The van der Waals surface area contributed by atoms with Crippen LogP contribution in [0.25, 0.3) is 10.8 Å². The molecule has 0 radical (unpaired) electrons. The van der Waals surface area contributed by atoms with Crippen molar-refractivity contribution in [2.45, 2.75) is 6.67 Å². The summed E-state index contributed by atoms with van der Waals surface area (Å²) in [6.45, 7) is 1.59. The van der Waals surface area contributed by atoms with Crippen molar-refractivity contribution in [2.75, 3.05) is 20.2 Å². The molecule has 0 saturated heterocycles. The largest absolute Gasteiger partial charge is 0.492 e. The molecule has 0 unspecified atom stereocenters. The normalized spacial score (nSPS) is 11.1. The molecule has 0 atom stereocenters. The van der Waals surface area contributed by atoms with Crippen molar-refractivity contribution in [3.63, 3.8) is 0 Å². The van der Waals surface area contributed by atoms with E-state index in [-0.39, 0.29) is 5.56 Å². The minimum absolute atomic E-state index is 0.0847. The van der Waals surface area contributed by atoms with E-state index in [2.05, 4.69) is 5.10 Å². The van der Waals surface area contributed by atoms with E-state index < -0.39 is 0 Å². The molecule has 2 aromatic carbocycles. The van der Waals surface area contributed by atoms with Gasteiger partial charge in [0.05, 0.1) is 18.3 Å². The fourth-order valence-electron chi connectivity index (χ4n) is 2.38. The van der Waals surface area contributed by atoms with Crippen LogP contribution < -0.4 is 10.3 Å². The summed E-state index contributed by atoms with van der Waals surface area (Å²) in [7, 11) is 1.93. The van der Waals surface area contributed by atoms with E-state index in [1.807, 2.05) is 48.3 Å². The molecule has 0 aliphatic rings. The third-order valence-electron chi connectivity index (χ3n) is 3.69. The van der Waals surface area contributed by atoms with Crippen LogP contribution in [0.15, 0.2) is 59.5 Å². The monoisotopic (exact) mass is 343 g/mol. The number of ether oxygens (including phenoxy) is 1. The molecule has 0 aliphatic carbocycles. The number of rotatable bonds is 6. The zero-order valence-corrected chi connectivity index (χ0v) is 14.1. The van der Waals surface area contributed by atoms with E-state index in [0.717, 1.165) is 11.1 Å². The zero-order chi connectivity index (χ0) is 16.9. The van der Waals surface area contributed by atoms with Crippen LogP contribution in [-0.2, 0) is 6.67 Å². The maximum absolute atomic E-state index is 12.4. The first-order valence-electron chi connectivity index (χ1n) is 7.65. The third kappa shape index (κ3) is 3.93. The quantitative estimate of drug-likeness (QED) is 0.690. The Hall–Kier alpha value is -2.37. The van der Waals surface area contributed by atoms with Crippen molar-refractivity contribution >= 4 is 22.4 Å². The predicted molar refractivity (Wildman–Crippen MR) is 95.6 cm³/mol. The second-order valence-electron chi connectivity index (χ2n) is 5.56. The van der Waals surface area contributed by atoms with Crippen LogP contribution in [0, 0.1) is 0 Å². The number of hydrogen-bond acceptors (Lipinski definition) is 4. The number of benzene rings is 2. The molecule has 24 heavy (non-hydrogen) atoms. The average Bonchev–Trinajstić information content (AvgIpc) is 2.59. The van der Waals surface area contributed by atoms with Gasteiger partial charge in [-0.05, 0) is 37.4 Å². The van der Waals surface area contributed by atoms with Gasteiger partial charge in [0.25, 0.3) is 5.56 Å². The van der Waals surface area contributed by atoms with Crippen LogP contribution >= 0.6 is 11.6 Å². The molecule has 0 saturated carbocycles. The average molecular weight is 344 g/mol.